The lowest BCUT2D eigenvalue weighted by molar-refractivity contribution is 0.397. The minimum Gasteiger partial charge on any atom is -0.472 e. The zero-order chi connectivity index (χ0) is 48.5. The van der Waals surface area contributed by atoms with Crippen LogP contribution < -0.4 is 0 Å². The summed E-state index contributed by atoms with van der Waals surface area (Å²) in [5.41, 5.74) is 5.20. The van der Waals surface area contributed by atoms with Crippen LogP contribution in [0.25, 0.3) is 0 Å². The number of rotatable bonds is 0. The maximum absolute atomic E-state index is 4.83. The average Bonchev–Trinajstić information content (AvgIpc) is 4.13. The number of aryl methyl sites for hydroxylation is 11. The van der Waals surface area contributed by atoms with E-state index in [-0.39, 0.29) is 0 Å². The van der Waals surface area contributed by atoms with Gasteiger partial charge in [0.1, 0.15) is 42.3 Å². The standard InChI is InChI=1S/C5H7N.2C5H6O.6C4H5NO.2C4H5NS/c1-6-4-2-3-5-6;1-5-2-3-6-4-5;1-5-3-2-4-6-5;1-4-2-6-3-5-4;1-4-2-5-3-6-4;1-4-2-5-6-3-4;1-4-5-2-3-6-4;1-4-2-3-6-5-4;1-4-2-3-5-6-4;1-4-2-3-6-5-4;1-4-2-3-5-6-4/h2-5H,1H3;2*2-4H,1H3;8*2-3H,1H3. The van der Waals surface area contributed by atoms with Crippen molar-refractivity contribution in [3.63, 3.8) is 0 Å². The van der Waals surface area contributed by atoms with E-state index in [2.05, 4.69) is 57.2 Å². The molecule has 11 rings (SSSR count). The molecule has 17 nitrogen and oxygen atoms in total. The van der Waals surface area contributed by atoms with E-state index < -0.39 is 0 Å². The Hall–Kier alpha value is -7.64. The average molecular weight is 942 g/mol. The van der Waals surface area contributed by atoms with Crippen molar-refractivity contribution in [3.8, 4) is 0 Å². The smallest absolute Gasteiger partial charge is 0.190 e. The van der Waals surface area contributed by atoms with Crippen LogP contribution in [0.5, 0.6) is 0 Å². The lowest BCUT2D eigenvalue weighted by atomic mass is 10.4. The van der Waals surface area contributed by atoms with Gasteiger partial charge in [0.25, 0.3) is 0 Å². The van der Waals surface area contributed by atoms with Crippen LogP contribution >= 0.6 is 23.1 Å². The molecule has 11 aromatic heterocycles. The van der Waals surface area contributed by atoms with Crippen LogP contribution in [-0.4, -0.2) is 43.7 Å². The molecule has 0 aliphatic rings. The highest BCUT2D eigenvalue weighted by Crippen LogP contribution is 1.99. The maximum Gasteiger partial charge on any atom is 0.190 e. The molecule has 0 bridgehead atoms. The van der Waals surface area contributed by atoms with E-state index in [0.717, 1.165) is 45.8 Å². The second kappa shape index (κ2) is 37.9. The lowest BCUT2D eigenvalue weighted by Crippen LogP contribution is -1.75. The van der Waals surface area contributed by atoms with E-state index in [1.807, 2.05) is 134 Å². The predicted octanol–water partition coefficient (Wildman–Crippen LogP) is 13.0. The summed E-state index contributed by atoms with van der Waals surface area (Å²) in [5.74, 6) is 3.40. The zero-order valence-corrected chi connectivity index (χ0v) is 40.8. The number of aromatic nitrogens is 9. The first-order chi connectivity index (χ1) is 31.8. The van der Waals surface area contributed by atoms with Crippen LogP contribution in [0.1, 0.15) is 56.3 Å². The van der Waals surface area contributed by atoms with Gasteiger partial charge in [-0.1, -0.05) is 15.5 Å². The van der Waals surface area contributed by atoms with Crippen molar-refractivity contribution in [2.24, 2.45) is 7.05 Å². The van der Waals surface area contributed by atoms with Crippen molar-refractivity contribution in [3.05, 3.63) is 216 Å². The van der Waals surface area contributed by atoms with Gasteiger partial charge in [-0.05, 0) is 133 Å². The molecule has 19 heteroatoms. The third-order valence-electron chi connectivity index (χ3n) is 6.57. The van der Waals surface area contributed by atoms with Gasteiger partial charge in [-0.25, -0.2) is 19.3 Å². The molecule has 0 aliphatic carbocycles. The molecule has 352 valence electrons. The number of furan rings is 2. The second-order valence-electron chi connectivity index (χ2n) is 12.9. The van der Waals surface area contributed by atoms with Crippen LogP contribution in [0.4, 0.5) is 0 Å². The molecule has 0 aliphatic heterocycles. The van der Waals surface area contributed by atoms with Gasteiger partial charge < -0.3 is 40.2 Å². The molecule has 0 atom stereocenters. The second-order valence-corrected chi connectivity index (χ2v) is 14.6. The van der Waals surface area contributed by atoms with Gasteiger partial charge in [0.2, 0.25) is 0 Å². The Kier molecular flexibility index (Phi) is 32.4. The predicted molar refractivity (Wildman–Crippen MR) is 253 cm³/mol. The summed E-state index contributed by atoms with van der Waals surface area (Å²) in [4.78, 5) is 12.4. The summed E-state index contributed by atoms with van der Waals surface area (Å²) >= 11 is 3.02. The van der Waals surface area contributed by atoms with Crippen LogP contribution in [0, 0.1) is 69.2 Å². The van der Waals surface area contributed by atoms with Crippen molar-refractivity contribution in [2.45, 2.75) is 69.2 Å². The molecule has 0 N–H and O–H groups in total. The fraction of sp³-hybridized carbons (Fsp3) is 0.234. The first-order valence-corrected chi connectivity index (χ1v) is 21.4. The van der Waals surface area contributed by atoms with Crippen LogP contribution in [0.3, 0.4) is 0 Å². The number of nitrogens with zero attached hydrogens (tertiary/aromatic N) is 9. The quantitative estimate of drug-likeness (QED) is 0.138. The third kappa shape index (κ3) is 35.9. The Morgan fingerprint density at radius 2 is 1.35 bits per heavy atom. The monoisotopic (exact) mass is 941 g/mol. The largest absolute Gasteiger partial charge is 0.472 e. The van der Waals surface area contributed by atoms with Crippen LogP contribution in [0.2, 0.25) is 0 Å². The molecule has 11 heterocycles. The van der Waals surface area contributed by atoms with Gasteiger partial charge >= 0.3 is 0 Å². The van der Waals surface area contributed by atoms with Gasteiger partial charge in [-0.2, -0.15) is 4.37 Å². The summed E-state index contributed by atoms with van der Waals surface area (Å²) in [5, 5.41) is 12.4. The number of oxazole rings is 3. The van der Waals surface area contributed by atoms with E-state index in [1.54, 1.807) is 93.9 Å². The lowest BCUT2D eigenvalue weighted by Gasteiger charge is -1.79. The summed E-state index contributed by atoms with van der Waals surface area (Å²) in [7, 11) is 2.00. The fourth-order valence-electron chi connectivity index (χ4n) is 3.32. The van der Waals surface area contributed by atoms with Crippen molar-refractivity contribution < 1.29 is 35.7 Å². The number of hydrogen-bond acceptors (Lipinski definition) is 18. The van der Waals surface area contributed by atoms with E-state index in [0.29, 0.717) is 0 Å². The molecule has 0 aromatic carbocycles. The summed E-state index contributed by atoms with van der Waals surface area (Å²) in [6.07, 6.45) is 26.5. The molecule has 0 fully saturated rings. The minimum atomic E-state index is 0.718. The van der Waals surface area contributed by atoms with E-state index in [4.69, 9.17) is 17.7 Å². The molecular formula is C47H59N9O8S2. The molecule has 0 amide bonds. The Bertz CT molecular complexity index is 1840. The first-order valence-electron chi connectivity index (χ1n) is 19.8. The molecule has 0 spiro atoms. The van der Waals surface area contributed by atoms with Crippen LogP contribution in [0.15, 0.2) is 196 Å². The first kappa shape index (κ1) is 56.4. The van der Waals surface area contributed by atoms with Gasteiger partial charge in [-0.15, -0.1) is 0 Å². The summed E-state index contributed by atoms with van der Waals surface area (Å²) < 4.78 is 46.9. The highest BCUT2D eigenvalue weighted by Gasteiger charge is 1.82. The summed E-state index contributed by atoms with van der Waals surface area (Å²) in [6, 6.07) is 17.3. The van der Waals surface area contributed by atoms with E-state index >= 15 is 0 Å². The molecule has 0 saturated carbocycles. The van der Waals surface area contributed by atoms with E-state index in [9.17, 15) is 0 Å². The maximum atomic E-state index is 4.83. The topological polar surface area (TPSA) is 213 Å². The van der Waals surface area contributed by atoms with Gasteiger partial charge in [-0.3, -0.25) is 0 Å². The van der Waals surface area contributed by atoms with Gasteiger partial charge in [0.05, 0.1) is 60.7 Å². The molecular weight excluding hydrogens is 883 g/mol. The molecule has 0 unspecified atom stereocenters. The number of hydrogen-bond donors (Lipinski definition) is 0. The Balaban J connectivity index is 0.000000363. The zero-order valence-electron chi connectivity index (χ0n) is 39.1. The third-order valence-corrected chi connectivity index (χ3v) is 7.87. The molecule has 0 radical (unpaired) electrons. The highest BCUT2D eigenvalue weighted by atomic mass is 32.1. The normalized spacial score (nSPS) is 8.83. The van der Waals surface area contributed by atoms with Gasteiger partial charge in [0.15, 0.2) is 18.7 Å². The van der Waals surface area contributed by atoms with Gasteiger partial charge in [0, 0.05) is 60.5 Å². The highest BCUT2D eigenvalue weighted by molar-refractivity contribution is 7.05. The van der Waals surface area contributed by atoms with Crippen molar-refractivity contribution >= 4 is 23.1 Å². The molecule has 66 heavy (non-hydrogen) atoms. The van der Waals surface area contributed by atoms with Crippen LogP contribution in [-0.2, 0) is 7.05 Å². The van der Waals surface area contributed by atoms with E-state index in [1.165, 1.54) is 46.3 Å². The minimum absolute atomic E-state index is 0.718. The van der Waals surface area contributed by atoms with Crippen molar-refractivity contribution in [1.82, 2.24) is 43.7 Å². The summed E-state index contributed by atoms with van der Waals surface area (Å²) in [6.45, 7) is 19.1. The van der Waals surface area contributed by atoms with Crippen molar-refractivity contribution in [1.29, 1.82) is 0 Å². The Morgan fingerprint density at radius 1 is 0.545 bits per heavy atom. The Labute approximate surface area is 393 Å². The SMILES string of the molecule is Cc1ccco1.Cc1ccno1.Cc1ccns1.Cc1ccoc1.Cc1ccon1.Cc1ccsn1.Cc1cnco1.Cc1cnoc1.Cc1cocn1.Cc1ncco1.Cn1cccc1. The fourth-order valence-corrected chi connectivity index (χ4v) is 4.28. The molecule has 0 saturated heterocycles. The van der Waals surface area contributed by atoms with Crippen molar-refractivity contribution in [2.75, 3.05) is 0 Å². The molecule has 11 aromatic rings. The Morgan fingerprint density at radius 3 is 1.52 bits per heavy atom.